The SMILES string of the molecule is C1CCCC1.C[C@@H](C1CCCC1P(C1CCCCC1)C1CCCCC1)P(c1ccccc1)c1ccccc1.[CH3-].[CH3-].[Fe+2]. The van der Waals surface area contributed by atoms with Crippen LogP contribution < -0.4 is 10.6 Å². The van der Waals surface area contributed by atoms with Crippen molar-refractivity contribution < 1.29 is 17.1 Å². The second-order valence-corrected chi connectivity index (χ2v) is 18.3. The normalized spacial score (nSPS) is 24.0. The van der Waals surface area contributed by atoms with Crippen molar-refractivity contribution in [2.24, 2.45) is 5.92 Å². The van der Waals surface area contributed by atoms with Gasteiger partial charge in [-0.1, -0.05) is 153 Å². The van der Waals surface area contributed by atoms with Gasteiger partial charge < -0.3 is 14.9 Å². The zero-order valence-corrected chi connectivity index (χ0v) is 29.5. The Labute approximate surface area is 269 Å². The van der Waals surface area contributed by atoms with Crippen molar-refractivity contribution in [3.8, 4) is 0 Å². The van der Waals surface area contributed by atoms with Gasteiger partial charge >= 0.3 is 17.1 Å². The van der Waals surface area contributed by atoms with Crippen LogP contribution in [0.3, 0.4) is 0 Å². The Balaban J connectivity index is 0.000000667. The average Bonchev–Trinajstić information content (AvgIpc) is 3.72. The van der Waals surface area contributed by atoms with Crippen molar-refractivity contribution in [1.82, 2.24) is 0 Å². The van der Waals surface area contributed by atoms with E-state index >= 15 is 0 Å². The number of hydrogen-bond acceptors (Lipinski definition) is 0. The van der Waals surface area contributed by atoms with E-state index in [0.29, 0.717) is 0 Å². The van der Waals surface area contributed by atoms with Crippen molar-refractivity contribution in [3.63, 3.8) is 0 Å². The summed E-state index contributed by atoms with van der Waals surface area (Å²) in [6, 6.07) is 23.1. The molecule has 3 heteroatoms. The summed E-state index contributed by atoms with van der Waals surface area (Å²) in [7, 11) is -0.121. The van der Waals surface area contributed by atoms with Crippen LogP contribution in [0.5, 0.6) is 0 Å². The van der Waals surface area contributed by atoms with Crippen LogP contribution in [0.15, 0.2) is 60.7 Å². The standard InChI is InChI=1S/C31H44P2.C5H10.2CH3.Fe/c1-25(32(26-15-6-2-7-16-26)27-17-8-3-9-18-27)30-23-14-24-31(30)33(28-19-10-4-11-20-28)29-21-12-5-13-22-29;1-2-4-5-3-1;;;/h2-3,6-9,15-18,25,28-31H,4-5,10-14,19-24H2,1H3;1-5H2;2*1H3;/q;;2*-1;+2/t25-,30?,31?;;;;/m0..../s1. The van der Waals surface area contributed by atoms with E-state index in [4.69, 9.17) is 0 Å². The van der Waals surface area contributed by atoms with Gasteiger partial charge in [-0.05, 0) is 85.6 Å². The first-order chi connectivity index (χ1) is 18.8. The second-order valence-electron chi connectivity index (χ2n) is 12.7. The van der Waals surface area contributed by atoms with E-state index < -0.39 is 0 Å². The van der Waals surface area contributed by atoms with E-state index in [1.165, 1.54) is 83.5 Å². The van der Waals surface area contributed by atoms with E-state index in [9.17, 15) is 0 Å². The molecule has 0 bridgehead atoms. The summed E-state index contributed by atoms with van der Waals surface area (Å²) in [5.74, 6) is 0.937. The Kier molecular flexibility index (Phi) is 18.0. The maximum atomic E-state index is 2.66. The molecule has 0 amide bonds. The first kappa shape index (κ1) is 37.0. The first-order valence-corrected chi connectivity index (χ1v) is 19.5. The summed E-state index contributed by atoms with van der Waals surface area (Å²) >= 11 is 0. The van der Waals surface area contributed by atoms with E-state index in [2.05, 4.69) is 67.6 Å². The molecule has 2 unspecified atom stereocenters. The third-order valence-electron chi connectivity index (χ3n) is 10.3. The Bertz CT molecular complexity index is 837. The minimum absolute atomic E-state index is 0. The van der Waals surface area contributed by atoms with Crippen LogP contribution in [0.1, 0.15) is 122 Å². The number of rotatable bonds is 7. The zero-order chi connectivity index (χ0) is 26.0. The van der Waals surface area contributed by atoms with Crippen molar-refractivity contribution in [2.45, 2.75) is 145 Å². The summed E-state index contributed by atoms with van der Waals surface area (Å²) in [6.07, 6.45) is 27.3. The van der Waals surface area contributed by atoms with Crippen LogP contribution >= 0.6 is 15.8 Å². The molecular weight excluding hydrogens is 574 g/mol. The molecule has 0 spiro atoms. The van der Waals surface area contributed by atoms with Gasteiger partial charge in [0.15, 0.2) is 0 Å². The minimum atomic E-state index is -0.299. The fourth-order valence-electron chi connectivity index (χ4n) is 8.37. The Morgan fingerprint density at radius 2 is 0.902 bits per heavy atom. The van der Waals surface area contributed by atoms with Crippen molar-refractivity contribution in [3.05, 3.63) is 75.5 Å². The monoisotopic (exact) mass is 634 g/mol. The van der Waals surface area contributed by atoms with Crippen molar-refractivity contribution >= 4 is 26.5 Å². The number of hydrogen-bond donors (Lipinski definition) is 0. The molecule has 6 rings (SSSR count). The zero-order valence-electron chi connectivity index (χ0n) is 26.6. The Hall–Kier alpha value is -0.181. The molecule has 41 heavy (non-hydrogen) atoms. The van der Waals surface area contributed by atoms with Gasteiger partial charge in [-0.15, -0.1) is 0 Å². The van der Waals surface area contributed by atoms with Crippen LogP contribution in [-0.2, 0) is 17.1 Å². The molecule has 0 heterocycles. The molecule has 0 aromatic heterocycles. The fraction of sp³-hybridized carbons (Fsp3) is 0.632. The van der Waals surface area contributed by atoms with Gasteiger partial charge in [0.05, 0.1) is 0 Å². The summed E-state index contributed by atoms with van der Waals surface area (Å²) in [5, 5.41) is 3.19. The van der Waals surface area contributed by atoms with Crippen molar-refractivity contribution in [2.75, 3.05) is 0 Å². The van der Waals surface area contributed by atoms with Gasteiger partial charge in [0, 0.05) is 0 Å². The molecule has 4 aliphatic rings. The molecule has 4 fully saturated rings. The summed E-state index contributed by atoms with van der Waals surface area (Å²) < 4.78 is 0. The predicted molar refractivity (Wildman–Crippen MR) is 186 cm³/mol. The van der Waals surface area contributed by atoms with Gasteiger partial charge in [-0.3, -0.25) is 0 Å². The predicted octanol–water partition coefficient (Wildman–Crippen LogP) is 11.7. The van der Waals surface area contributed by atoms with E-state index in [1.54, 1.807) is 42.7 Å². The second kappa shape index (κ2) is 20.0. The van der Waals surface area contributed by atoms with Gasteiger partial charge in [-0.25, -0.2) is 0 Å². The molecule has 2 aromatic rings. The van der Waals surface area contributed by atoms with E-state index in [0.717, 1.165) is 28.6 Å². The third kappa shape index (κ3) is 10.2. The molecule has 0 saturated heterocycles. The number of benzene rings is 2. The maximum Gasteiger partial charge on any atom is 2.00 e. The quantitative estimate of drug-likeness (QED) is 0.162. The molecule has 4 saturated carbocycles. The Morgan fingerprint density at radius 3 is 1.32 bits per heavy atom. The van der Waals surface area contributed by atoms with Crippen LogP contribution in [0.25, 0.3) is 0 Å². The van der Waals surface area contributed by atoms with Gasteiger partial charge in [0.1, 0.15) is 0 Å². The summed E-state index contributed by atoms with van der Waals surface area (Å²) in [4.78, 5) is 0. The molecule has 0 radical (unpaired) electrons. The van der Waals surface area contributed by atoms with Crippen LogP contribution in [0.2, 0.25) is 0 Å². The van der Waals surface area contributed by atoms with E-state index in [-0.39, 0.29) is 47.8 Å². The smallest absolute Gasteiger partial charge is 0.358 e. The molecule has 0 aliphatic heterocycles. The van der Waals surface area contributed by atoms with Crippen LogP contribution in [0, 0.1) is 20.8 Å². The van der Waals surface area contributed by atoms with Gasteiger partial charge in [0.2, 0.25) is 0 Å². The third-order valence-corrected chi connectivity index (χ3v) is 17.3. The average molecular weight is 635 g/mol. The van der Waals surface area contributed by atoms with Crippen LogP contribution in [-0.4, -0.2) is 22.6 Å². The largest absolute Gasteiger partial charge is 2.00 e. The minimum Gasteiger partial charge on any atom is -0.358 e. The molecule has 4 aliphatic carbocycles. The molecular formula is C38H60FeP2. The summed E-state index contributed by atoms with van der Waals surface area (Å²) in [6.45, 7) is 2.66. The van der Waals surface area contributed by atoms with Crippen molar-refractivity contribution in [1.29, 1.82) is 0 Å². The van der Waals surface area contributed by atoms with Gasteiger partial charge in [-0.2, -0.15) is 0 Å². The van der Waals surface area contributed by atoms with Crippen LogP contribution in [0.4, 0.5) is 0 Å². The fourth-order valence-corrected chi connectivity index (χ4v) is 16.4. The first-order valence-electron chi connectivity index (χ1n) is 16.5. The van der Waals surface area contributed by atoms with Gasteiger partial charge in [0.25, 0.3) is 0 Å². The maximum absolute atomic E-state index is 2.66. The molecule has 0 N–H and O–H groups in total. The molecule has 2 aromatic carbocycles. The topological polar surface area (TPSA) is 0 Å². The molecule has 0 nitrogen and oxygen atoms in total. The molecule has 3 atom stereocenters. The van der Waals surface area contributed by atoms with E-state index in [1.807, 2.05) is 0 Å². The summed E-state index contributed by atoms with van der Waals surface area (Å²) in [5.41, 5.74) is 4.01. The molecule has 230 valence electrons. The Morgan fingerprint density at radius 1 is 0.512 bits per heavy atom.